The molecule has 2 aromatic carbocycles. The maximum absolute atomic E-state index is 13.8. The zero-order valence-electron chi connectivity index (χ0n) is 12.1. The quantitative estimate of drug-likeness (QED) is 0.824. The smallest absolute Gasteiger partial charge is 0.258 e. The molecule has 0 heterocycles. The Kier molecular flexibility index (Phi) is 5.27. The Hall–Kier alpha value is -1.78. The van der Waals surface area contributed by atoms with Gasteiger partial charge in [0, 0.05) is 24.2 Å². The molecule has 0 unspecified atom stereocenters. The Bertz CT molecular complexity index is 686. The lowest BCUT2D eigenvalue weighted by molar-refractivity contribution is 0.0779. The molecule has 0 atom stereocenters. The van der Waals surface area contributed by atoms with Gasteiger partial charge in [0.2, 0.25) is 0 Å². The largest absolute Gasteiger partial charge is 0.496 e. The Morgan fingerprint density at radius 2 is 2.00 bits per heavy atom. The summed E-state index contributed by atoms with van der Waals surface area (Å²) in [4.78, 5) is 13.8. The normalized spacial score (nSPS) is 10.4. The van der Waals surface area contributed by atoms with Crippen LogP contribution in [0.5, 0.6) is 5.75 Å². The highest BCUT2D eigenvalue weighted by atomic mass is 35.5. The van der Waals surface area contributed by atoms with Crippen molar-refractivity contribution in [1.82, 2.24) is 4.90 Å². The number of halogens is 3. The maximum Gasteiger partial charge on any atom is 0.258 e. The molecule has 6 heteroatoms. The highest BCUT2D eigenvalue weighted by Gasteiger charge is 2.20. The van der Waals surface area contributed by atoms with Crippen molar-refractivity contribution in [3.63, 3.8) is 0 Å². The van der Waals surface area contributed by atoms with Gasteiger partial charge in [-0.15, -0.1) is 0 Å². The van der Waals surface area contributed by atoms with Crippen molar-refractivity contribution in [2.45, 2.75) is 6.54 Å². The van der Waals surface area contributed by atoms with Gasteiger partial charge >= 0.3 is 0 Å². The van der Waals surface area contributed by atoms with Gasteiger partial charge in [-0.2, -0.15) is 0 Å². The summed E-state index contributed by atoms with van der Waals surface area (Å²) >= 11 is 11.9. The van der Waals surface area contributed by atoms with E-state index in [2.05, 4.69) is 0 Å². The average molecular weight is 342 g/mol. The lowest BCUT2D eigenvalue weighted by Gasteiger charge is -2.20. The minimum atomic E-state index is -0.651. The zero-order valence-corrected chi connectivity index (χ0v) is 13.6. The molecule has 0 aromatic heterocycles. The minimum Gasteiger partial charge on any atom is -0.496 e. The van der Waals surface area contributed by atoms with Crippen LogP contribution in [0.25, 0.3) is 0 Å². The number of ether oxygens (including phenoxy) is 1. The summed E-state index contributed by atoms with van der Waals surface area (Å²) in [5.41, 5.74) is 0.575. The second kappa shape index (κ2) is 6.99. The molecule has 0 aliphatic rings. The van der Waals surface area contributed by atoms with Crippen molar-refractivity contribution in [3.05, 3.63) is 63.4 Å². The van der Waals surface area contributed by atoms with Crippen LogP contribution in [-0.4, -0.2) is 25.0 Å². The van der Waals surface area contributed by atoms with E-state index in [0.717, 1.165) is 5.56 Å². The highest BCUT2D eigenvalue weighted by molar-refractivity contribution is 6.33. The molecule has 0 saturated carbocycles. The standard InChI is InChI=1S/C16H14Cl2FNO2/c1-20(9-10-8-11(17)6-7-14(10)22-2)16(21)15-12(18)4-3-5-13(15)19/h3-8H,9H2,1-2H3. The number of nitrogens with zero attached hydrogens (tertiary/aromatic N) is 1. The van der Waals surface area contributed by atoms with E-state index in [-0.39, 0.29) is 17.1 Å². The molecule has 2 aromatic rings. The number of methoxy groups -OCH3 is 1. The number of benzene rings is 2. The number of rotatable bonds is 4. The topological polar surface area (TPSA) is 29.5 Å². The Morgan fingerprint density at radius 3 is 2.64 bits per heavy atom. The van der Waals surface area contributed by atoms with Gasteiger partial charge in [0.05, 0.1) is 17.7 Å². The Balaban J connectivity index is 2.28. The van der Waals surface area contributed by atoms with Crippen molar-refractivity contribution in [2.24, 2.45) is 0 Å². The number of carbonyl (C=O) groups excluding carboxylic acids is 1. The van der Waals surface area contributed by atoms with Crippen molar-refractivity contribution in [3.8, 4) is 5.75 Å². The van der Waals surface area contributed by atoms with Gasteiger partial charge in [0.25, 0.3) is 5.91 Å². The van der Waals surface area contributed by atoms with Gasteiger partial charge in [-0.3, -0.25) is 4.79 Å². The van der Waals surface area contributed by atoms with E-state index >= 15 is 0 Å². The fraction of sp³-hybridized carbons (Fsp3) is 0.188. The molecule has 116 valence electrons. The number of carbonyl (C=O) groups is 1. The van der Waals surface area contributed by atoms with E-state index in [9.17, 15) is 9.18 Å². The molecule has 1 amide bonds. The van der Waals surface area contributed by atoms with Crippen LogP contribution in [0.3, 0.4) is 0 Å². The summed E-state index contributed by atoms with van der Waals surface area (Å²) < 4.78 is 19.1. The number of hydrogen-bond acceptors (Lipinski definition) is 2. The van der Waals surface area contributed by atoms with Crippen LogP contribution in [-0.2, 0) is 6.54 Å². The fourth-order valence-corrected chi connectivity index (χ4v) is 2.53. The van der Waals surface area contributed by atoms with Crippen molar-refractivity contribution < 1.29 is 13.9 Å². The third-order valence-electron chi connectivity index (χ3n) is 3.17. The van der Waals surface area contributed by atoms with Gasteiger partial charge in [-0.25, -0.2) is 4.39 Å². The molecule has 0 saturated heterocycles. The second-order valence-corrected chi connectivity index (χ2v) is 5.56. The van der Waals surface area contributed by atoms with E-state index in [4.69, 9.17) is 27.9 Å². The van der Waals surface area contributed by atoms with Crippen LogP contribution in [0.1, 0.15) is 15.9 Å². The van der Waals surface area contributed by atoms with Crippen molar-refractivity contribution in [1.29, 1.82) is 0 Å². The predicted octanol–water partition coefficient (Wildman–Crippen LogP) is 4.41. The van der Waals surface area contributed by atoms with Gasteiger partial charge in [-0.1, -0.05) is 29.3 Å². The Morgan fingerprint density at radius 1 is 1.27 bits per heavy atom. The summed E-state index contributed by atoms with van der Waals surface area (Å²) in [5, 5.41) is 0.607. The molecule has 3 nitrogen and oxygen atoms in total. The lowest BCUT2D eigenvalue weighted by atomic mass is 10.1. The third-order valence-corrected chi connectivity index (χ3v) is 3.72. The summed E-state index contributed by atoms with van der Waals surface area (Å²) in [5.74, 6) is -0.559. The number of hydrogen-bond donors (Lipinski definition) is 0. The highest BCUT2D eigenvalue weighted by Crippen LogP contribution is 2.26. The summed E-state index contributed by atoms with van der Waals surface area (Å²) in [7, 11) is 3.09. The molecule has 0 aliphatic heterocycles. The molecule has 0 radical (unpaired) electrons. The molecule has 0 spiro atoms. The van der Waals surface area contributed by atoms with Crippen LogP contribution >= 0.6 is 23.2 Å². The van der Waals surface area contributed by atoms with Crippen LogP contribution in [0, 0.1) is 5.82 Å². The van der Waals surface area contributed by atoms with E-state index in [1.165, 1.54) is 30.2 Å². The molecule has 0 fully saturated rings. The first kappa shape index (κ1) is 16.6. The van der Waals surface area contributed by atoms with Gasteiger partial charge < -0.3 is 9.64 Å². The third kappa shape index (κ3) is 3.51. The molecule has 0 bridgehead atoms. The fourth-order valence-electron chi connectivity index (χ4n) is 2.09. The van der Waals surface area contributed by atoms with E-state index < -0.39 is 11.7 Å². The summed E-state index contributed by atoms with van der Waals surface area (Å²) in [6.45, 7) is 0.216. The Labute approximate surface area is 138 Å². The summed E-state index contributed by atoms with van der Waals surface area (Å²) in [6.07, 6.45) is 0. The van der Waals surface area contributed by atoms with Crippen LogP contribution in [0.15, 0.2) is 36.4 Å². The van der Waals surface area contributed by atoms with E-state index in [1.807, 2.05) is 0 Å². The van der Waals surface area contributed by atoms with Gasteiger partial charge in [0.1, 0.15) is 11.6 Å². The molecule has 0 aliphatic carbocycles. The molecule has 0 N–H and O–H groups in total. The van der Waals surface area contributed by atoms with E-state index in [0.29, 0.717) is 10.8 Å². The lowest BCUT2D eigenvalue weighted by Crippen LogP contribution is -2.27. The molecular formula is C16H14Cl2FNO2. The van der Waals surface area contributed by atoms with Gasteiger partial charge in [0.15, 0.2) is 0 Å². The first-order valence-corrected chi connectivity index (χ1v) is 7.21. The first-order chi connectivity index (χ1) is 10.4. The van der Waals surface area contributed by atoms with Crippen molar-refractivity contribution in [2.75, 3.05) is 14.2 Å². The SMILES string of the molecule is COc1ccc(Cl)cc1CN(C)C(=O)c1c(F)cccc1Cl. The summed E-state index contributed by atoms with van der Waals surface area (Å²) in [6, 6.07) is 9.24. The van der Waals surface area contributed by atoms with Gasteiger partial charge in [-0.05, 0) is 30.3 Å². The monoisotopic (exact) mass is 341 g/mol. The van der Waals surface area contributed by atoms with Crippen LogP contribution in [0.2, 0.25) is 10.0 Å². The number of amides is 1. The molecule has 22 heavy (non-hydrogen) atoms. The molecular weight excluding hydrogens is 328 g/mol. The van der Waals surface area contributed by atoms with Crippen LogP contribution in [0.4, 0.5) is 4.39 Å². The second-order valence-electron chi connectivity index (χ2n) is 4.71. The first-order valence-electron chi connectivity index (χ1n) is 6.46. The maximum atomic E-state index is 13.8. The van der Waals surface area contributed by atoms with Crippen LogP contribution < -0.4 is 4.74 Å². The average Bonchev–Trinajstić information content (AvgIpc) is 2.47. The minimum absolute atomic E-state index is 0.0786. The zero-order chi connectivity index (χ0) is 16.3. The van der Waals surface area contributed by atoms with E-state index in [1.54, 1.807) is 25.2 Å². The molecule has 2 rings (SSSR count). The predicted molar refractivity (Wildman–Crippen MR) is 85.2 cm³/mol. The van der Waals surface area contributed by atoms with Crippen molar-refractivity contribution >= 4 is 29.1 Å².